The smallest absolute Gasteiger partial charge is 0.186 e. The van der Waals surface area contributed by atoms with Crippen molar-refractivity contribution in [3.05, 3.63) is 0 Å². The summed E-state index contributed by atoms with van der Waals surface area (Å²) in [5.74, 6) is 0. The van der Waals surface area contributed by atoms with Gasteiger partial charge in [-0.05, 0) is 6.92 Å². The van der Waals surface area contributed by atoms with Gasteiger partial charge in [0.05, 0.1) is 6.61 Å². The van der Waals surface area contributed by atoms with Crippen LogP contribution in [0.3, 0.4) is 0 Å². The van der Waals surface area contributed by atoms with Crippen LogP contribution in [0.15, 0.2) is 0 Å². The Bertz CT molecular complexity index is 149. The molecule has 0 radical (unpaired) electrons. The molecule has 1 N–H and O–H groups in total. The Morgan fingerprint density at radius 3 is 2.73 bits per heavy atom. The third kappa shape index (κ3) is 1.16. The standard InChI is InChI=1S/C7H12O4/c1-2-9-7-6-5(11-6)4(3-8)10-7/h4-8H,2-3H2,1H3/t4-,5+,6+,7+/m1/s1. The number of aliphatic hydroxyl groups excluding tert-OH is 1. The first-order chi connectivity index (χ1) is 5.36. The van der Waals surface area contributed by atoms with Crippen molar-refractivity contribution in [2.45, 2.75) is 31.5 Å². The third-order valence-electron chi connectivity index (χ3n) is 2.02. The highest BCUT2D eigenvalue weighted by atomic mass is 16.8. The van der Waals surface area contributed by atoms with Gasteiger partial charge in [-0.1, -0.05) is 0 Å². The van der Waals surface area contributed by atoms with Gasteiger partial charge >= 0.3 is 0 Å². The zero-order valence-electron chi connectivity index (χ0n) is 6.40. The molecule has 0 bridgehead atoms. The molecule has 0 aromatic rings. The number of hydrogen-bond donors (Lipinski definition) is 1. The summed E-state index contributed by atoms with van der Waals surface area (Å²) >= 11 is 0. The van der Waals surface area contributed by atoms with Gasteiger partial charge in [0.25, 0.3) is 0 Å². The van der Waals surface area contributed by atoms with Gasteiger partial charge in [-0.15, -0.1) is 0 Å². The van der Waals surface area contributed by atoms with Crippen molar-refractivity contribution in [1.82, 2.24) is 0 Å². The van der Waals surface area contributed by atoms with E-state index in [4.69, 9.17) is 19.3 Å². The number of ether oxygens (including phenoxy) is 3. The fraction of sp³-hybridized carbons (Fsp3) is 1.00. The molecule has 4 nitrogen and oxygen atoms in total. The maximum atomic E-state index is 8.79. The first-order valence-electron chi connectivity index (χ1n) is 3.90. The molecule has 2 heterocycles. The Morgan fingerprint density at radius 1 is 1.36 bits per heavy atom. The number of rotatable bonds is 3. The van der Waals surface area contributed by atoms with Gasteiger partial charge in [-0.2, -0.15) is 0 Å². The van der Waals surface area contributed by atoms with Crippen LogP contribution in [0.1, 0.15) is 6.92 Å². The Kier molecular flexibility index (Phi) is 1.85. The van der Waals surface area contributed by atoms with E-state index in [0.717, 1.165) is 0 Å². The Morgan fingerprint density at radius 2 is 2.18 bits per heavy atom. The lowest BCUT2D eigenvalue weighted by Gasteiger charge is -2.14. The number of hydrogen-bond acceptors (Lipinski definition) is 4. The van der Waals surface area contributed by atoms with E-state index in [0.29, 0.717) is 6.61 Å². The molecule has 0 aromatic heterocycles. The van der Waals surface area contributed by atoms with Gasteiger partial charge in [-0.3, -0.25) is 0 Å². The molecule has 2 saturated heterocycles. The van der Waals surface area contributed by atoms with Crippen molar-refractivity contribution in [3.8, 4) is 0 Å². The van der Waals surface area contributed by atoms with E-state index in [1.54, 1.807) is 0 Å². The first kappa shape index (κ1) is 7.49. The van der Waals surface area contributed by atoms with E-state index in [9.17, 15) is 0 Å². The minimum Gasteiger partial charge on any atom is -0.394 e. The molecule has 0 amide bonds. The van der Waals surface area contributed by atoms with Crippen molar-refractivity contribution in [3.63, 3.8) is 0 Å². The number of aliphatic hydroxyl groups is 1. The zero-order chi connectivity index (χ0) is 7.84. The molecule has 0 aliphatic carbocycles. The van der Waals surface area contributed by atoms with Crippen molar-refractivity contribution in [2.24, 2.45) is 0 Å². The maximum absolute atomic E-state index is 8.79. The van der Waals surface area contributed by atoms with Crippen molar-refractivity contribution in [2.75, 3.05) is 13.2 Å². The SMILES string of the molecule is CCO[C@H]1O[C@H](CO)[C@@H]2O[C@H]12. The predicted octanol–water partition coefficient (Wildman–Crippen LogP) is -0.493. The van der Waals surface area contributed by atoms with Gasteiger partial charge in [0, 0.05) is 6.61 Å². The van der Waals surface area contributed by atoms with Gasteiger partial charge < -0.3 is 19.3 Å². The number of epoxide rings is 1. The van der Waals surface area contributed by atoms with Crippen molar-refractivity contribution in [1.29, 1.82) is 0 Å². The molecule has 4 heteroatoms. The first-order valence-corrected chi connectivity index (χ1v) is 3.90. The van der Waals surface area contributed by atoms with Crippen LogP contribution in [0, 0.1) is 0 Å². The highest BCUT2D eigenvalue weighted by Gasteiger charge is 2.58. The van der Waals surface area contributed by atoms with Crippen molar-refractivity contribution < 1.29 is 19.3 Å². The van der Waals surface area contributed by atoms with Crippen LogP contribution in [0.5, 0.6) is 0 Å². The summed E-state index contributed by atoms with van der Waals surface area (Å²) in [6, 6.07) is 0. The highest BCUT2D eigenvalue weighted by Crippen LogP contribution is 2.39. The summed E-state index contributed by atoms with van der Waals surface area (Å²) < 4.78 is 15.8. The fourth-order valence-corrected chi connectivity index (χ4v) is 1.43. The second-order valence-corrected chi connectivity index (χ2v) is 2.75. The Hall–Kier alpha value is -0.160. The van der Waals surface area contributed by atoms with Crippen LogP contribution >= 0.6 is 0 Å². The van der Waals surface area contributed by atoms with Gasteiger partial charge in [-0.25, -0.2) is 0 Å². The second kappa shape index (κ2) is 2.71. The lowest BCUT2D eigenvalue weighted by Crippen LogP contribution is -2.24. The Labute approximate surface area is 65.1 Å². The molecule has 2 aliphatic rings. The van der Waals surface area contributed by atoms with E-state index < -0.39 is 0 Å². The summed E-state index contributed by atoms with van der Waals surface area (Å²) in [7, 11) is 0. The summed E-state index contributed by atoms with van der Waals surface area (Å²) in [4.78, 5) is 0. The van der Waals surface area contributed by atoms with Crippen LogP contribution in [0.4, 0.5) is 0 Å². The normalized spacial score (nSPS) is 47.5. The summed E-state index contributed by atoms with van der Waals surface area (Å²) in [5, 5.41) is 8.79. The van der Waals surface area contributed by atoms with Crippen LogP contribution in [-0.2, 0) is 14.2 Å². The molecule has 0 aromatic carbocycles. The minimum atomic E-state index is -0.248. The van der Waals surface area contributed by atoms with Gasteiger partial charge in [0.2, 0.25) is 0 Å². The third-order valence-corrected chi connectivity index (χ3v) is 2.02. The zero-order valence-corrected chi connectivity index (χ0v) is 6.40. The van der Waals surface area contributed by atoms with E-state index in [-0.39, 0.29) is 31.2 Å². The maximum Gasteiger partial charge on any atom is 0.186 e. The Balaban J connectivity index is 1.87. The largest absolute Gasteiger partial charge is 0.394 e. The molecule has 2 rings (SSSR count). The average molecular weight is 160 g/mol. The van der Waals surface area contributed by atoms with Gasteiger partial charge in [0.15, 0.2) is 6.29 Å². The molecule has 4 atom stereocenters. The molecule has 0 saturated carbocycles. The molecule has 0 spiro atoms. The molecule has 2 aliphatic heterocycles. The van der Waals surface area contributed by atoms with Crippen LogP contribution in [0.2, 0.25) is 0 Å². The summed E-state index contributed by atoms with van der Waals surface area (Å²) in [6.45, 7) is 2.55. The molecule has 0 unspecified atom stereocenters. The lowest BCUT2D eigenvalue weighted by molar-refractivity contribution is -0.177. The van der Waals surface area contributed by atoms with Crippen LogP contribution < -0.4 is 0 Å². The van der Waals surface area contributed by atoms with E-state index >= 15 is 0 Å². The molecular weight excluding hydrogens is 148 g/mol. The van der Waals surface area contributed by atoms with E-state index in [2.05, 4.69) is 0 Å². The molecule has 11 heavy (non-hydrogen) atoms. The fourth-order valence-electron chi connectivity index (χ4n) is 1.43. The monoisotopic (exact) mass is 160 g/mol. The summed E-state index contributed by atoms with van der Waals surface area (Å²) in [5.41, 5.74) is 0. The van der Waals surface area contributed by atoms with Gasteiger partial charge in [0.1, 0.15) is 18.3 Å². The highest BCUT2D eigenvalue weighted by molar-refractivity contribution is 4.99. The predicted molar refractivity (Wildman–Crippen MR) is 36.0 cm³/mol. The lowest BCUT2D eigenvalue weighted by atomic mass is 10.2. The van der Waals surface area contributed by atoms with Crippen molar-refractivity contribution >= 4 is 0 Å². The molecular formula is C7H12O4. The average Bonchev–Trinajstić information content (AvgIpc) is 2.72. The van der Waals surface area contributed by atoms with E-state index in [1.165, 1.54) is 0 Å². The van der Waals surface area contributed by atoms with Crippen LogP contribution in [-0.4, -0.2) is 42.9 Å². The quantitative estimate of drug-likeness (QED) is 0.566. The second-order valence-electron chi connectivity index (χ2n) is 2.75. The minimum absolute atomic E-state index is 0.0186. The molecule has 2 fully saturated rings. The number of fused-ring (bicyclic) bond motifs is 1. The summed E-state index contributed by atoms with van der Waals surface area (Å²) in [6.07, 6.45) is -0.262. The molecule has 64 valence electrons. The van der Waals surface area contributed by atoms with E-state index in [1.807, 2.05) is 6.92 Å². The topological polar surface area (TPSA) is 51.2 Å². The van der Waals surface area contributed by atoms with Crippen LogP contribution in [0.25, 0.3) is 0 Å².